The van der Waals surface area contributed by atoms with E-state index in [2.05, 4.69) is 4.85 Å². The van der Waals surface area contributed by atoms with Gasteiger partial charge in [-0.05, 0) is 27.2 Å². The second kappa shape index (κ2) is 4.86. The largest absolute Gasteiger partial charge is 0.454 e. The van der Waals surface area contributed by atoms with E-state index in [-0.39, 0.29) is 0 Å². The Kier molecular flexibility index (Phi) is 4.47. The number of esters is 1. The highest BCUT2D eigenvalue weighted by atomic mass is 16.6. The van der Waals surface area contributed by atoms with Crippen LogP contribution in [0.3, 0.4) is 0 Å². The van der Waals surface area contributed by atoms with Gasteiger partial charge in [0.05, 0.1) is 0 Å². The van der Waals surface area contributed by atoms with Gasteiger partial charge in [0.2, 0.25) is 0 Å². The molecule has 0 aliphatic rings. The van der Waals surface area contributed by atoms with Gasteiger partial charge in [-0.25, -0.2) is 11.4 Å². The number of nitrogens with zero attached hydrogens (tertiary/aromatic N) is 1. The zero-order valence-corrected chi connectivity index (χ0v) is 8.76. The Morgan fingerprint density at radius 3 is 2.38 bits per heavy atom. The van der Waals surface area contributed by atoms with Crippen LogP contribution in [0.4, 0.5) is 0 Å². The van der Waals surface area contributed by atoms with E-state index in [0.29, 0.717) is 6.42 Å². The van der Waals surface area contributed by atoms with Crippen molar-refractivity contribution in [3.8, 4) is 0 Å². The summed E-state index contributed by atoms with van der Waals surface area (Å²) in [6.07, 6.45) is 1.41. The molecule has 0 heterocycles. The predicted octanol–water partition coefficient (Wildman–Crippen LogP) is 2.42. The molecular weight excluding hydrogens is 166 g/mol. The van der Waals surface area contributed by atoms with Gasteiger partial charge >= 0.3 is 12.0 Å². The van der Waals surface area contributed by atoms with Gasteiger partial charge in [-0.2, -0.15) is 0 Å². The Morgan fingerprint density at radius 2 is 2.08 bits per heavy atom. The molecule has 0 aliphatic heterocycles. The first-order valence-electron chi connectivity index (χ1n) is 4.50. The first kappa shape index (κ1) is 12.0. The maximum absolute atomic E-state index is 11.3. The lowest BCUT2D eigenvalue weighted by atomic mass is 10.1. The van der Waals surface area contributed by atoms with Gasteiger partial charge in [0.1, 0.15) is 5.60 Å². The molecule has 0 aromatic heterocycles. The highest BCUT2D eigenvalue weighted by molar-refractivity contribution is 5.77. The van der Waals surface area contributed by atoms with E-state index in [1.54, 1.807) is 20.8 Å². The number of hydrogen-bond acceptors (Lipinski definition) is 2. The van der Waals surface area contributed by atoms with Crippen molar-refractivity contribution in [3.05, 3.63) is 11.4 Å². The first-order valence-corrected chi connectivity index (χ1v) is 4.50. The Labute approximate surface area is 79.9 Å². The zero-order chi connectivity index (χ0) is 10.5. The van der Waals surface area contributed by atoms with Gasteiger partial charge in [-0.15, -0.1) is 0 Å². The lowest BCUT2D eigenvalue weighted by Crippen LogP contribution is -2.30. The summed E-state index contributed by atoms with van der Waals surface area (Å²) >= 11 is 0. The summed E-state index contributed by atoms with van der Waals surface area (Å²) in [6.45, 7) is 14.2. The van der Waals surface area contributed by atoms with Gasteiger partial charge in [0.15, 0.2) is 0 Å². The predicted molar refractivity (Wildman–Crippen MR) is 51.1 cm³/mol. The number of carbonyl (C=O) groups is 1. The normalized spacial score (nSPS) is 13.2. The van der Waals surface area contributed by atoms with Gasteiger partial charge in [-0.1, -0.05) is 6.92 Å². The SMILES string of the molecule is [C-]#[N+][C@@H](CCC)C(=O)OC(C)(C)C. The molecular formula is C10H17NO2. The minimum Gasteiger partial charge on any atom is -0.454 e. The van der Waals surface area contributed by atoms with E-state index in [4.69, 9.17) is 11.3 Å². The number of ether oxygens (including phenoxy) is 1. The second-order valence-corrected chi connectivity index (χ2v) is 3.97. The lowest BCUT2D eigenvalue weighted by Gasteiger charge is -2.19. The van der Waals surface area contributed by atoms with E-state index in [9.17, 15) is 4.79 Å². The third kappa shape index (κ3) is 5.24. The Morgan fingerprint density at radius 1 is 1.54 bits per heavy atom. The molecule has 0 rings (SSSR count). The van der Waals surface area contributed by atoms with E-state index in [1.165, 1.54) is 0 Å². The Bertz CT molecular complexity index is 210. The molecule has 0 unspecified atom stereocenters. The number of rotatable bonds is 3. The molecule has 0 radical (unpaired) electrons. The first-order chi connectivity index (χ1) is 5.90. The van der Waals surface area contributed by atoms with Crippen molar-refractivity contribution < 1.29 is 9.53 Å². The Hall–Kier alpha value is -1.04. The van der Waals surface area contributed by atoms with Crippen molar-refractivity contribution in [1.82, 2.24) is 0 Å². The Balaban J connectivity index is 4.17. The van der Waals surface area contributed by atoms with Crippen LogP contribution in [-0.2, 0) is 9.53 Å². The molecule has 0 aromatic rings. The topological polar surface area (TPSA) is 30.7 Å². The molecule has 0 aromatic carbocycles. The highest BCUT2D eigenvalue weighted by Gasteiger charge is 2.28. The van der Waals surface area contributed by atoms with Crippen LogP contribution in [0.1, 0.15) is 40.5 Å². The minimum absolute atomic E-state index is 0.399. The van der Waals surface area contributed by atoms with Gasteiger partial charge in [-0.3, -0.25) is 0 Å². The number of carbonyl (C=O) groups excluding carboxylic acids is 1. The van der Waals surface area contributed by atoms with Crippen molar-refractivity contribution in [2.45, 2.75) is 52.2 Å². The monoisotopic (exact) mass is 183 g/mol. The molecule has 0 aliphatic carbocycles. The van der Waals surface area contributed by atoms with E-state index < -0.39 is 17.6 Å². The molecule has 3 heteroatoms. The molecule has 0 spiro atoms. The van der Waals surface area contributed by atoms with E-state index in [1.807, 2.05) is 6.92 Å². The molecule has 0 saturated heterocycles. The van der Waals surface area contributed by atoms with Crippen molar-refractivity contribution >= 4 is 5.97 Å². The van der Waals surface area contributed by atoms with Crippen molar-refractivity contribution in [2.75, 3.05) is 0 Å². The fraction of sp³-hybridized carbons (Fsp3) is 0.800. The quantitative estimate of drug-likeness (QED) is 0.497. The van der Waals surface area contributed by atoms with Crippen molar-refractivity contribution in [3.63, 3.8) is 0 Å². The van der Waals surface area contributed by atoms with Crippen LogP contribution < -0.4 is 0 Å². The van der Waals surface area contributed by atoms with E-state index in [0.717, 1.165) is 6.42 Å². The highest BCUT2D eigenvalue weighted by Crippen LogP contribution is 2.12. The standard InChI is InChI=1S/C10H17NO2/c1-6-7-8(11-5)9(12)13-10(2,3)4/h8H,6-7H2,1-4H3/t8-/m0/s1. The van der Waals surface area contributed by atoms with Crippen LogP contribution in [0, 0.1) is 6.57 Å². The molecule has 0 saturated carbocycles. The smallest absolute Gasteiger partial charge is 0.390 e. The van der Waals surface area contributed by atoms with Crippen molar-refractivity contribution in [1.29, 1.82) is 0 Å². The molecule has 74 valence electrons. The maximum atomic E-state index is 11.3. The average molecular weight is 183 g/mol. The van der Waals surface area contributed by atoms with Gasteiger partial charge < -0.3 is 9.58 Å². The van der Waals surface area contributed by atoms with Crippen LogP contribution in [0.2, 0.25) is 0 Å². The molecule has 0 amide bonds. The van der Waals surface area contributed by atoms with Crippen LogP contribution in [0.5, 0.6) is 0 Å². The minimum atomic E-state index is -0.621. The van der Waals surface area contributed by atoms with E-state index >= 15 is 0 Å². The summed E-state index contributed by atoms with van der Waals surface area (Å²) in [5, 5.41) is 0. The molecule has 0 N–H and O–H groups in total. The summed E-state index contributed by atoms with van der Waals surface area (Å²) in [4.78, 5) is 14.6. The summed E-state index contributed by atoms with van der Waals surface area (Å²) in [5.41, 5.74) is -0.492. The lowest BCUT2D eigenvalue weighted by molar-refractivity contribution is -0.155. The maximum Gasteiger partial charge on any atom is 0.390 e. The molecule has 0 fully saturated rings. The summed E-state index contributed by atoms with van der Waals surface area (Å²) < 4.78 is 5.09. The zero-order valence-electron chi connectivity index (χ0n) is 8.76. The average Bonchev–Trinajstić information content (AvgIpc) is 1.96. The summed E-state index contributed by atoms with van der Waals surface area (Å²) in [7, 11) is 0. The fourth-order valence-electron chi connectivity index (χ4n) is 0.878. The summed E-state index contributed by atoms with van der Waals surface area (Å²) in [5.74, 6) is -0.399. The fourth-order valence-corrected chi connectivity index (χ4v) is 0.878. The van der Waals surface area contributed by atoms with Crippen LogP contribution >= 0.6 is 0 Å². The van der Waals surface area contributed by atoms with Crippen molar-refractivity contribution in [2.24, 2.45) is 0 Å². The van der Waals surface area contributed by atoms with Crippen LogP contribution in [-0.4, -0.2) is 17.6 Å². The summed E-state index contributed by atoms with van der Waals surface area (Å²) in [6, 6.07) is -0.621. The van der Waals surface area contributed by atoms with Gasteiger partial charge in [0, 0.05) is 6.42 Å². The number of hydrogen-bond donors (Lipinski definition) is 0. The third-order valence-corrected chi connectivity index (χ3v) is 1.40. The van der Waals surface area contributed by atoms with Crippen LogP contribution in [0.15, 0.2) is 0 Å². The molecule has 13 heavy (non-hydrogen) atoms. The van der Waals surface area contributed by atoms with Gasteiger partial charge in [0.25, 0.3) is 0 Å². The van der Waals surface area contributed by atoms with Crippen LogP contribution in [0.25, 0.3) is 4.85 Å². The molecule has 0 bridgehead atoms. The second-order valence-electron chi connectivity index (χ2n) is 3.97. The molecule has 3 nitrogen and oxygen atoms in total. The molecule has 1 atom stereocenters. The third-order valence-electron chi connectivity index (χ3n) is 1.40.